The van der Waals surface area contributed by atoms with Crippen LogP contribution < -0.4 is 0 Å². The Morgan fingerprint density at radius 3 is 2.61 bits per heavy atom. The lowest BCUT2D eigenvalue weighted by Gasteiger charge is -2.22. The van der Waals surface area contributed by atoms with Gasteiger partial charge in [-0.3, -0.25) is 4.79 Å². The highest BCUT2D eigenvalue weighted by atomic mass is 79.9. The third-order valence-corrected chi connectivity index (χ3v) is 4.52. The molecule has 0 saturated carbocycles. The predicted molar refractivity (Wildman–Crippen MR) is 89.7 cm³/mol. The van der Waals surface area contributed by atoms with E-state index in [1.807, 2.05) is 49.9 Å². The first-order valence-corrected chi connectivity index (χ1v) is 8.52. The van der Waals surface area contributed by atoms with Crippen LogP contribution in [0, 0.1) is 0 Å². The van der Waals surface area contributed by atoms with Crippen molar-refractivity contribution in [2.24, 2.45) is 0 Å². The molecular weight excluding hydrogens is 358 g/mol. The van der Waals surface area contributed by atoms with Crippen molar-refractivity contribution in [2.75, 3.05) is 0 Å². The number of halogens is 1. The van der Waals surface area contributed by atoms with Gasteiger partial charge in [0.15, 0.2) is 5.82 Å². The monoisotopic (exact) mass is 377 g/mol. The Hall–Kier alpha value is -1.69. The van der Waals surface area contributed by atoms with Crippen LogP contribution in [0.4, 0.5) is 0 Å². The Morgan fingerprint density at radius 1 is 1.30 bits per heavy atom. The Balaban J connectivity index is 1.82. The number of benzene rings is 1. The third kappa shape index (κ3) is 3.47. The van der Waals surface area contributed by atoms with Gasteiger partial charge in [0.25, 0.3) is 0 Å². The van der Waals surface area contributed by atoms with E-state index in [2.05, 4.69) is 26.1 Å². The van der Waals surface area contributed by atoms with E-state index in [0.717, 1.165) is 16.5 Å². The Bertz CT molecular complexity index is 703. The summed E-state index contributed by atoms with van der Waals surface area (Å²) < 4.78 is 6.47. The fourth-order valence-corrected chi connectivity index (χ4v) is 2.91. The first-order chi connectivity index (χ1) is 10.8. The fraction of sp³-hybridized carbons (Fsp3) is 0.471. The van der Waals surface area contributed by atoms with Crippen LogP contribution in [0.3, 0.4) is 0 Å². The summed E-state index contributed by atoms with van der Waals surface area (Å²) in [4.78, 5) is 18.6. The van der Waals surface area contributed by atoms with Gasteiger partial charge in [-0.15, -0.1) is 0 Å². The molecule has 1 atom stereocenters. The van der Waals surface area contributed by atoms with Crippen molar-refractivity contribution in [1.82, 2.24) is 15.0 Å². The highest BCUT2D eigenvalue weighted by molar-refractivity contribution is 9.10. The minimum Gasteiger partial charge on any atom is -0.337 e. The predicted octanol–water partition coefficient (Wildman–Crippen LogP) is 3.99. The zero-order valence-electron chi connectivity index (χ0n) is 13.5. The molecule has 6 heteroatoms. The quantitative estimate of drug-likeness (QED) is 0.810. The highest BCUT2D eigenvalue weighted by Crippen LogP contribution is 2.34. The third-order valence-electron chi connectivity index (χ3n) is 3.99. The second-order valence-electron chi connectivity index (χ2n) is 6.91. The van der Waals surface area contributed by atoms with Crippen molar-refractivity contribution < 1.29 is 9.32 Å². The number of rotatable bonds is 3. The van der Waals surface area contributed by atoms with Crippen LogP contribution in [0.1, 0.15) is 56.9 Å². The van der Waals surface area contributed by atoms with Crippen LogP contribution in [0.5, 0.6) is 0 Å². The highest BCUT2D eigenvalue weighted by Gasteiger charge is 2.36. The molecule has 1 aromatic heterocycles. The molecule has 0 spiro atoms. The van der Waals surface area contributed by atoms with Crippen LogP contribution in [-0.4, -0.2) is 20.9 Å². The topological polar surface area (TPSA) is 59.2 Å². The lowest BCUT2D eigenvalue weighted by atomic mass is 9.96. The molecule has 1 saturated heterocycles. The first kappa shape index (κ1) is 16.2. The fourth-order valence-electron chi connectivity index (χ4n) is 2.65. The first-order valence-electron chi connectivity index (χ1n) is 7.72. The Labute approximate surface area is 144 Å². The van der Waals surface area contributed by atoms with Crippen molar-refractivity contribution >= 4 is 21.8 Å². The van der Waals surface area contributed by atoms with Crippen molar-refractivity contribution in [2.45, 2.75) is 51.6 Å². The summed E-state index contributed by atoms with van der Waals surface area (Å²) in [7, 11) is 0. The molecule has 2 heterocycles. The minimum atomic E-state index is -0.166. The van der Waals surface area contributed by atoms with Gasteiger partial charge < -0.3 is 9.42 Å². The molecule has 1 aromatic carbocycles. The molecule has 1 aliphatic heterocycles. The molecular formula is C17H20BrN3O2. The van der Waals surface area contributed by atoms with Crippen molar-refractivity contribution in [3.63, 3.8) is 0 Å². The largest absolute Gasteiger partial charge is 0.337 e. The molecule has 0 bridgehead atoms. The summed E-state index contributed by atoms with van der Waals surface area (Å²) in [5.41, 5.74) is 0.921. The smallest absolute Gasteiger partial charge is 0.249 e. The minimum absolute atomic E-state index is 0.130. The summed E-state index contributed by atoms with van der Waals surface area (Å²) in [6.45, 7) is 6.69. The number of carbonyl (C=O) groups excluding carboxylic acids is 1. The molecule has 1 amide bonds. The normalized spacial score (nSPS) is 18.7. The zero-order valence-corrected chi connectivity index (χ0v) is 15.1. The maximum atomic E-state index is 12.3. The van der Waals surface area contributed by atoms with E-state index in [4.69, 9.17) is 4.52 Å². The van der Waals surface area contributed by atoms with E-state index in [9.17, 15) is 4.79 Å². The van der Waals surface area contributed by atoms with Crippen LogP contribution in [0.25, 0.3) is 0 Å². The van der Waals surface area contributed by atoms with Gasteiger partial charge in [0, 0.05) is 22.9 Å². The average Bonchev–Trinajstić information content (AvgIpc) is 3.09. The molecule has 0 aliphatic carbocycles. The molecule has 3 rings (SSSR count). The zero-order chi connectivity index (χ0) is 16.6. The summed E-state index contributed by atoms with van der Waals surface area (Å²) in [6.07, 6.45) is 1.25. The second-order valence-corrected chi connectivity index (χ2v) is 7.82. The summed E-state index contributed by atoms with van der Waals surface area (Å²) in [6, 6.07) is 7.86. The van der Waals surface area contributed by atoms with E-state index in [1.54, 1.807) is 0 Å². The van der Waals surface area contributed by atoms with Gasteiger partial charge in [-0.2, -0.15) is 4.98 Å². The van der Waals surface area contributed by atoms with Crippen molar-refractivity contribution in [3.05, 3.63) is 46.0 Å². The van der Waals surface area contributed by atoms with Crippen LogP contribution in [-0.2, 0) is 16.8 Å². The molecule has 23 heavy (non-hydrogen) atoms. The summed E-state index contributed by atoms with van der Waals surface area (Å²) in [5, 5.41) is 4.08. The van der Waals surface area contributed by atoms with Gasteiger partial charge in [0.2, 0.25) is 11.8 Å². The van der Waals surface area contributed by atoms with Gasteiger partial charge in [0.05, 0.1) is 0 Å². The maximum absolute atomic E-state index is 12.3. The SMILES string of the molecule is CC(C)(C)c1noc(C2CCC(=O)N2Cc2ccc(Br)cc2)n1. The number of aromatic nitrogens is 2. The van der Waals surface area contributed by atoms with E-state index >= 15 is 0 Å². The van der Waals surface area contributed by atoms with Gasteiger partial charge in [-0.05, 0) is 24.1 Å². The van der Waals surface area contributed by atoms with Gasteiger partial charge >= 0.3 is 0 Å². The van der Waals surface area contributed by atoms with E-state index in [-0.39, 0.29) is 17.4 Å². The molecule has 122 valence electrons. The molecule has 1 fully saturated rings. The summed E-state index contributed by atoms with van der Waals surface area (Å²) in [5.74, 6) is 1.35. The molecule has 0 radical (unpaired) electrons. The molecule has 2 aromatic rings. The van der Waals surface area contributed by atoms with E-state index in [1.165, 1.54) is 0 Å². The van der Waals surface area contributed by atoms with Crippen molar-refractivity contribution in [1.29, 1.82) is 0 Å². The number of amides is 1. The summed E-state index contributed by atoms with van der Waals surface area (Å²) >= 11 is 3.43. The average molecular weight is 378 g/mol. The second kappa shape index (κ2) is 6.07. The van der Waals surface area contributed by atoms with Gasteiger partial charge in [-0.25, -0.2) is 0 Å². The molecule has 1 unspecified atom stereocenters. The standard InChI is InChI=1S/C17H20BrN3O2/c1-17(2,3)16-19-15(23-20-16)13-8-9-14(22)21(13)10-11-4-6-12(18)7-5-11/h4-7,13H,8-10H2,1-3H3. The number of likely N-dealkylation sites (tertiary alicyclic amines) is 1. The number of carbonyl (C=O) groups is 1. The molecule has 1 aliphatic rings. The lowest BCUT2D eigenvalue weighted by Crippen LogP contribution is -2.27. The van der Waals surface area contributed by atoms with Crippen LogP contribution in [0.2, 0.25) is 0 Å². The lowest BCUT2D eigenvalue weighted by molar-refractivity contribution is -0.129. The maximum Gasteiger partial charge on any atom is 0.249 e. The van der Waals surface area contributed by atoms with Crippen LogP contribution >= 0.6 is 15.9 Å². The Morgan fingerprint density at radius 2 is 2.00 bits per heavy atom. The van der Waals surface area contributed by atoms with Crippen LogP contribution in [0.15, 0.2) is 33.3 Å². The number of nitrogens with zero attached hydrogens (tertiary/aromatic N) is 3. The van der Waals surface area contributed by atoms with Gasteiger partial charge in [-0.1, -0.05) is 54.0 Å². The van der Waals surface area contributed by atoms with Gasteiger partial charge in [0.1, 0.15) is 6.04 Å². The molecule has 0 N–H and O–H groups in total. The molecule has 5 nitrogen and oxygen atoms in total. The van der Waals surface area contributed by atoms with E-state index in [0.29, 0.717) is 24.7 Å². The Kier molecular flexibility index (Phi) is 4.27. The number of hydrogen-bond donors (Lipinski definition) is 0. The van der Waals surface area contributed by atoms with Crippen molar-refractivity contribution in [3.8, 4) is 0 Å². The number of hydrogen-bond acceptors (Lipinski definition) is 4. The van der Waals surface area contributed by atoms with E-state index < -0.39 is 0 Å².